The first kappa shape index (κ1) is 26.5. The molecule has 3 atom stereocenters. The van der Waals surface area contributed by atoms with Crippen LogP contribution in [-0.4, -0.2) is 76.6 Å². The molecule has 0 fully saturated rings. The van der Waals surface area contributed by atoms with Crippen molar-refractivity contribution in [1.29, 1.82) is 0 Å². The van der Waals surface area contributed by atoms with Gasteiger partial charge in [-0.15, -0.1) is 0 Å². The van der Waals surface area contributed by atoms with Crippen molar-refractivity contribution in [3.05, 3.63) is 0 Å². The van der Waals surface area contributed by atoms with Gasteiger partial charge in [0.15, 0.2) is 5.96 Å². The minimum absolute atomic E-state index is 0.0807. The summed E-state index contributed by atoms with van der Waals surface area (Å²) in [5, 5.41) is 22.8. The van der Waals surface area contributed by atoms with Crippen molar-refractivity contribution < 1.29 is 29.4 Å². The first-order valence-electron chi connectivity index (χ1n) is 8.93. The predicted octanol–water partition coefficient (Wildman–Crippen LogP) is -1.96. The molecule has 0 radical (unpaired) electrons. The number of nitrogens with two attached hydrogens (primary N) is 3. The molecule has 0 aromatic rings. The van der Waals surface area contributed by atoms with E-state index in [2.05, 4.69) is 15.6 Å². The summed E-state index contributed by atoms with van der Waals surface area (Å²) in [4.78, 5) is 50.6. The number of nitrogens with one attached hydrogen (secondary N) is 2. The van der Waals surface area contributed by atoms with Crippen LogP contribution < -0.4 is 27.8 Å². The summed E-state index contributed by atoms with van der Waals surface area (Å²) >= 11 is 1.42. The molecular weight excluding hydrogens is 404 g/mol. The lowest BCUT2D eigenvalue weighted by Crippen LogP contribution is -2.54. The van der Waals surface area contributed by atoms with Crippen LogP contribution in [0.4, 0.5) is 0 Å². The Kier molecular flexibility index (Phi) is 13.2. The van der Waals surface area contributed by atoms with Gasteiger partial charge in [-0.05, 0) is 37.7 Å². The molecular formula is C16H30N6O6S. The maximum absolute atomic E-state index is 12.5. The fourth-order valence-electron chi connectivity index (χ4n) is 2.23. The smallest absolute Gasteiger partial charge is 0.326 e. The Hall–Kier alpha value is -2.54. The predicted molar refractivity (Wildman–Crippen MR) is 109 cm³/mol. The summed E-state index contributed by atoms with van der Waals surface area (Å²) in [5.41, 5.74) is 16.2. The van der Waals surface area contributed by atoms with Gasteiger partial charge in [-0.2, -0.15) is 11.8 Å². The van der Waals surface area contributed by atoms with E-state index in [1.807, 2.05) is 0 Å². The van der Waals surface area contributed by atoms with Gasteiger partial charge in [0.05, 0.1) is 6.04 Å². The fourth-order valence-corrected chi connectivity index (χ4v) is 2.70. The van der Waals surface area contributed by atoms with Crippen LogP contribution in [0.25, 0.3) is 0 Å². The number of carboxylic acids is 2. The van der Waals surface area contributed by atoms with Crippen LogP contribution in [0.5, 0.6) is 0 Å². The van der Waals surface area contributed by atoms with Crippen LogP contribution in [0.15, 0.2) is 4.99 Å². The second-order valence-electron chi connectivity index (χ2n) is 6.23. The molecule has 0 rings (SSSR count). The number of rotatable bonds is 15. The SMILES string of the molecule is CSCC[C@H](NC(=O)[C@H](CCC(=O)O)NC(=O)[C@@H](N)CCCN=C(N)N)C(=O)O. The Morgan fingerprint density at radius 2 is 1.62 bits per heavy atom. The number of amides is 2. The lowest BCUT2D eigenvalue weighted by Gasteiger charge is -2.22. The highest BCUT2D eigenvalue weighted by atomic mass is 32.2. The van der Waals surface area contributed by atoms with Gasteiger partial charge in [0.1, 0.15) is 12.1 Å². The maximum Gasteiger partial charge on any atom is 0.326 e. The van der Waals surface area contributed by atoms with Crippen LogP contribution in [0.3, 0.4) is 0 Å². The Labute approximate surface area is 173 Å². The molecule has 0 unspecified atom stereocenters. The van der Waals surface area contributed by atoms with E-state index >= 15 is 0 Å². The van der Waals surface area contributed by atoms with Gasteiger partial charge in [0, 0.05) is 13.0 Å². The molecule has 0 saturated heterocycles. The van der Waals surface area contributed by atoms with Crippen LogP contribution in [0, 0.1) is 0 Å². The molecule has 29 heavy (non-hydrogen) atoms. The monoisotopic (exact) mass is 434 g/mol. The molecule has 0 spiro atoms. The molecule has 2 amide bonds. The van der Waals surface area contributed by atoms with Gasteiger partial charge in [-0.25, -0.2) is 4.79 Å². The molecule has 13 heteroatoms. The lowest BCUT2D eigenvalue weighted by atomic mass is 10.1. The van der Waals surface area contributed by atoms with E-state index in [0.717, 1.165) is 0 Å². The highest BCUT2D eigenvalue weighted by Gasteiger charge is 2.28. The summed E-state index contributed by atoms with van der Waals surface area (Å²) in [6.07, 6.45) is 2.05. The van der Waals surface area contributed by atoms with Crippen molar-refractivity contribution in [3.63, 3.8) is 0 Å². The molecule has 10 N–H and O–H groups in total. The number of nitrogens with zero attached hydrogens (tertiary/aromatic N) is 1. The summed E-state index contributed by atoms with van der Waals surface area (Å²) in [7, 11) is 0. The van der Waals surface area contributed by atoms with Crippen LogP contribution in [0.2, 0.25) is 0 Å². The second kappa shape index (κ2) is 14.5. The first-order chi connectivity index (χ1) is 13.6. The molecule has 0 aromatic heterocycles. The number of hydrogen-bond donors (Lipinski definition) is 7. The zero-order valence-corrected chi connectivity index (χ0v) is 17.1. The quantitative estimate of drug-likeness (QED) is 0.0855. The number of thioether (sulfide) groups is 1. The minimum atomic E-state index is -1.22. The number of carboxylic acid groups (broad SMARTS) is 2. The lowest BCUT2D eigenvalue weighted by molar-refractivity contribution is -0.143. The largest absolute Gasteiger partial charge is 0.481 e. The van der Waals surface area contributed by atoms with Crippen molar-refractivity contribution in [1.82, 2.24) is 10.6 Å². The maximum atomic E-state index is 12.5. The normalized spacial score (nSPS) is 13.6. The zero-order chi connectivity index (χ0) is 22.4. The number of guanidine groups is 1. The van der Waals surface area contributed by atoms with E-state index in [1.165, 1.54) is 11.8 Å². The average molecular weight is 435 g/mol. The number of hydrogen-bond acceptors (Lipinski definition) is 7. The van der Waals surface area contributed by atoms with Crippen LogP contribution in [0.1, 0.15) is 32.1 Å². The van der Waals surface area contributed by atoms with Gasteiger partial charge in [0.25, 0.3) is 0 Å². The van der Waals surface area contributed by atoms with Crippen molar-refractivity contribution in [2.75, 3.05) is 18.6 Å². The number of aliphatic carboxylic acids is 2. The van der Waals surface area contributed by atoms with Crippen molar-refractivity contribution >= 4 is 41.5 Å². The third-order valence-corrected chi connectivity index (χ3v) is 4.45. The molecule has 0 aromatic carbocycles. The van der Waals surface area contributed by atoms with Gasteiger partial charge in [0.2, 0.25) is 11.8 Å². The molecule has 0 aliphatic carbocycles. The first-order valence-corrected chi connectivity index (χ1v) is 10.3. The number of aliphatic imine (C=N–C) groups is 1. The van der Waals surface area contributed by atoms with Gasteiger partial charge >= 0.3 is 11.9 Å². The molecule has 0 bridgehead atoms. The van der Waals surface area contributed by atoms with Crippen LogP contribution >= 0.6 is 11.8 Å². The van der Waals surface area contributed by atoms with E-state index < -0.39 is 41.9 Å². The standard InChI is InChI=1S/C16H30N6O6S/c1-29-8-6-11(15(27)28)22-14(26)10(4-5-12(23)24)21-13(25)9(17)3-2-7-20-16(18)19/h9-11H,2-8,17H2,1H3,(H,21,25)(H,22,26)(H,23,24)(H,27,28)(H4,18,19,20)/t9-,10-,11-/m0/s1. The van der Waals surface area contributed by atoms with E-state index in [1.54, 1.807) is 6.26 Å². The van der Waals surface area contributed by atoms with E-state index in [0.29, 0.717) is 12.2 Å². The second-order valence-corrected chi connectivity index (χ2v) is 7.22. The molecule has 0 saturated carbocycles. The van der Waals surface area contributed by atoms with Crippen molar-refractivity contribution in [2.24, 2.45) is 22.2 Å². The Morgan fingerprint density at radius 3 is 2.14 bits per heavy atom. The van der Waals surface area contributed by atoms with E-state index in [4.69, 9.17) is 22.3 Å². The Balaban J connectivity index is 4.94. The average Bonchev–Trinajstić information content (AvgIpc) is 2.64. The Bertz CT molecular complexity index is 598. The molecule has 166 valence electrons. The van der Waals surface area contributed by atoms with Crippen molar-refractivity contribution in [3.8, 4) is 0 Å². The van der Waals surface area contributed by atoms with Gasteiger partial charge in [-0.1, -0.05) is 0 Å². The highest BCUT2D eigenvalue weighted by molar-refractivity contribution is 7.98. The number of carbonyl (C=O) groups is 4. The molecule has 0 heterocycles. The third kappa shape index (κ3) is 12.5. The van der Waals surface area contributed by atoms with E-state index in [-0.39, 0.29) is 38.2 Å². The van der Waals surface area contributed by atoms with Gasteiger partial charge in [-0.3, -0.25) is 19.4 Å². The van der Waals surface area contributed by atoms with Crippen LogP contribution in [-0.2, 0) is 19.2 Å². The Morgan fingerprint density at radius 1 is 1.00 bits per heavy atom. The van der Waals surface area contributed by atoms with Gasteiger partial charge < -0.3 is 38.0 Å². The summed E-state index contributed by atoms with van der Waals surface area (Å²) < 4.78 is 0. The molecule has 12 nitrogen and oxygen atoms in total. The minimum Gasteiger partial charge on any atom is -0.481 e. The topological polar surface area (TPSA) is 223 Å². The fraction of sp³-hybridized carbons (Fsp3) is 0.688. The molecule has 0 aliphatic rings. The van der Waals surface area contributed by atoms with Crippen molar-refractivity contribution in [2.45, 2.75) is 50.2 Å². The third-order valence-electron chi connectivity index (χ3n) is 3.81. The molecule has 0 aliphatic heterocycles. The van der Waals surface area contributed by atoms with E-state index in [9.17, 15) is 24.3 Å². The number of carbonyl (C=O) groups excluding carboxylic acids is 2. The highest BCUT2D eigenvalue weighted by Crippen LogP contribution is 2.05. The summed E-state index contributed by atoms with van der Waals surface area (Å²) in [6.45, 7) is 0.280. The summed E-state index contributed by atoms with van der Waals surface area (Å²) in [5.74, 6) is -3.38. The zero-order valence-electron chi connectivity index (χ0n) is 16.3. The summed E-state index contributed by atoms with van der Waals surface area (Å²) in [6, 6.07) is -3.33.